The van der Waals surface area contributed by atoms with Crippen LogP contribution >= 0.6 is 29.2 Å². The SMILES string of the molecule is CCCCCCCCCCCCCCCCSSc1cccc(COP(=O)(O)COC(C)Cn2cnc3c(N)ncnc32)c1. The molecule has 0 saturated heterocycles. The summed E-state index contributed by atoms with van der Waals surface area (Å²) in [7, 11) is -0.314. The molecule has 2 atom stereocenters. The highest BCUT2D eigenvalue weighted by molar-refractivity contribution is 8.76. The zero-order valence-electron chi connectivity index (χ0n) is 26.6. The van der Waals surface area contributed by atoms with Gasteiger partial charge in [-0.2, -0.15) is 0 Å². The molecule has 246 valence electrons. The van der Waals surface area contributed by atoms with Crippen molar-refractivity contribution in [2.24, 2.45) is 0 Å². The van der Waals surface area contributed by atoms with Gasteiger partial charge in [0.05, 0.1) is 25.6 Å². The minimum atomic E-state index is -3.93. The van der Waals surface area contributed by atoms with Gasteiger partial charge < -0.3 is 24.5 Å². The molecule has 9 nitrogen and oxygen atoms in total. The lowest BCUT2D eigenvalue weighted by Crippen LogP contribution is -2.17. The number of imidazole rings is 1. The average Bonchev–Trinajstić information content (AvgIpc) is 3.43. The third-order valence-electron chi connectivity index (χ3n) is 7.47. The van der Waals surface area contributed by atoms with Gasteiger partial charge in [-0.1, -0.05) is 124 Å². The van der Waals surface area contributed by atoms with Gasteiger partial charge in [0, 0.05) is 10.6 Å². The number of ether oxygens (including phenoxy) is 1. The van der Waals surface area contributed by atoms with Crippen LogP contribution in [0.2, 0.25) is 0 Å². The first-order valence-electron chi connectivity index (χ1n) is 16.3. The summed E-state index contributed by atoms with van der Waals surface area (Å²) in [5, 5.41) is 0. The number of anilines is 1. The molecular weight excluding hydrogens is 613 g/mol. The molecule has 0 aliphatic heterocycles. The van der Waals surface area contributed by atoms with E-state index in [1.165, 1.54) is 96.2 Å². The van der Waals surface area contributed by atoms with E-state index < -0.39 is 13.9 Å². The maximum absolute atomic E-state index is 12.6. The lowest BCUT2D eigenvalue weighted by atomic mass is 10.0. The van der Waals surface area contributed by atoms with Crippen LogP contribution in [0.15, 0.2) is 41.8 Å². The number of hydrogen-bond acceptors (Lipinski definition) is 9. The highest BCUT2D eigenvalue weighted by atomic mass is 33.1. The summed E-state index contributed by atoms with van der Waals surface area (Å²) >= 11 is 0. The van der Waals surface area contributed by atoms with Crippen LogP contribution in [0, 0.1) is 0 Å². The van der Waals surface area contributed by atoms with Crippen LogP contribution in [0.3, 0.4) is 0 Å². The second-order valence-electron chi connectivity index (χ2n) is 11.5. The van der Waals surface area contributed by atoms with Gasteiger partial charge in [-0.15, -0.1) is 0 Å². The van der Waals surface area contributed by atoms with Crippen molar-refractivity contribution in [2.45, 2.75) is 128 Å². The Balaban J connectivity index is 1.22. The fourth-order valence-corrected chi connectivity index (χ4v) is 8.01. The van der Waals surface area contributed by atoms with Crippen molar-refractivity contribution in [3.05, 3.63) is 42.5 Å². The Bertz CT molecular complexity index is 1260. The molecule has 0 aliphatic rings. The summed E-state index contributed by atoms with van der Waals surface area (Å²) in [5.74, 6) is 1.43. The quantitative estimate of drug-likeness (QED) is 0.0513. The van der Waals surface area contributed by atoms with Crippen molar-refractivity contribution in [3.63, 3.8) is 0 Å². The molecule has 2 unspecified atom stereocenters. The predicted octanol–water partition coefficient (Wildman–Crippen LogP) is 9.39. The van der Waals surface area contributed by atoms with Crippen LogP contribution in [-0.4, -0.2) is 42.6 Å². The van der Waals surface area contributed by atoms with Crippen molar-refractivity contribution >= 4 is 46.2 Å². The van der Waals surface area contributed by atoms with E-state index in [2.05, 4.69) is 27.9 Å². The summed E-state index contributed by atoms with van der Waals surface area (Å²) in [6.45, 7) is 4.53. The number of nitrogens with zero attached hydrogens (tertiary/aromatic N) is 4. The summed E-state index contributed by atoms with van der Waals surface area (Å²) in [4.78, 5) is 23.8. The lowest BCUT2D eigenvalue weighted by molar-refractivity contribution is 0.0708. The molecule has 2 aromatic heterocycles. The topological polar surface area (TPSA) is 125 Å². The Morgan fingerprint density at radius 2 is 1.61 bits per heavy atom. The van der Waals surface area contributed by atoms with E-state index in [-0.39, 0.29) is 12.7 Å². The van der Waals surface area contributed by atoms with Gasteiger partial charge >= 0.3 is 7.60 Å². The Hall–Kier alpha value is -1.62. The van der Waals surface area contributed by atoms with E-state index in [1.54, 1.807) is 21.7 Å². The molecule has 12 heteroatoms. The number of unbranched alkanes of at least 4 members (excludes halogenated alkanes) is 13. The number of nitrogen functional groups attached to an aromatic ring is 1. The Kier molecular flexibility index (Phi) is 17.8. The molecule has 3 rings (SSSR count). The second-order valence-corrected chi connectivity index (χ2v) is 15.8. The first-order chi connectivity index (χ1) is 21.4. The Morgan fingerprint density at radius 3 is 2.30 bits per heavy atom. The van der Waals surface area contributed by atoms with Gasteiger partial charge in [0.15, 0.2) is 11.5 Å². The van der Waals surface area contributed by atoms with E-state index in [4.69, 9.17) is 15.0 Å². The number of benzene rings is 1. The number of rotatable bonds is 25. The smallest absolute Gasteiger partial charge is 0.353 e. The molecule has 3 aromatic rings. The Labute approximate surface area is 271 Å². The van der Waals surface area contributed by atoms with Gasteiger partial charge in [-0.25, -0.2) is 15.0 Å². The normalized spacial score (nSPS) is 13.8. The second kappa shape index (κ2) is 21.2. The van der Waals surface area contributed by atoms with Gasteiger partial charge in [-0.05, 0) is 31.0 Å². The standard InChI is InChI=1S/C32H52N5O4PS2/c1-3-4-5-6-7-8-9-10-11-12-13-14-15-16-20-43-44-29-19-17-18-28(21-29)23-41-42(38,39)26-40-27(2)22-37-25-36-30-31(33)34-24-35-32(30)37/h17-19,21,24-25,27H,3-16,20,22-23,26H2,1-2H3,(H,38,39)(H2,33,34,35). The number of nitrogens with two attached hydrogens (primary N) is 1. The lowest BCUT2D eigenvalue weighted by Gasteiger charge is -2.17. The monoisotopic (exact) mass is 665 g/mol. The maximum Gasteiger partial charge on any atom is 0.353 e. The third kappa shape index (κ3) is 14.6. The fraction of sp³-hybridized carbons (Fsp3) is 0.656. The van der Waals surface area contributed by atoms with Crippen molar-refractivity contribution in [2.75, 3.05) is 17.8 Å². The molecule has 0 spiro atoms. The molecule has 0 fully saturated rings. The first kappa shape index (κ1) is 36.8. The van der Waals surface area contributed by atoms with Crippen LogP contribution < -0.4 is 5.73 Å². The van der Waals surface area contributed by atoms with Gasteiger partial charge in [0.2, 0.25) is 0 Å². The van der Waals surface area contributed by atoms with Crippen LogP contribution in [0.5, 0.6) is 0 Å². The van der Waals surface area contributed by atoms with E-state index in [0.29, 0.717) is 23.5 Å². The Morgan fingerprint density at radius 1 is 0.955 bits per heavy atom. The highest BCUT2D eigenvalue weighted by Crippen LogP contribution is 2.43. The van der Waals surface area contributed by atoms with Crippen LogP contribution in [0.1, 0.15) is 109 Å². The zero-order valence-corrected chi connectivity index (χ0v) is 29.1. The minimum Gasteiger partial charge on any atom is -0.382 e. The van der Waals surface area contributed by atoms with E-state index >= 15 is 0 Å². The molecule has 0 aliphatic carbocycles. The zero-order chi connectivity index (χ0) is 31.5. The third-order valence-corrected chi connectivity index (χ3v) is 10.9. The number of aromatic nitrogens is 4. The highest BCUT2D eigenvalue weighted by Gasteiger charge is 2.22. The predicted molar refractivity (Wildman–Crippen MR) is 185 cm³/mol. The summed E-state index contributed by atoms with van der Waals surface area (Å²) in [6, 6.07) is 7.95. The first-order valence-corrected chi connectivity index (χ1v) is 20.3. The van der Waals surface area contributed by atoms with E-state index in [0.717, 1.165) is 16.2 Å². The van der Waals surface area contributed by atoms with Crippen molar-refractivity contribution in [1.82, 2.24) is 19.5 Å². The molecule has 3 N–H and O–H groups in total. The van der Waals surface area contributed by atoms with Crippen LogP contribution in [0.25, 0.3) is 11.2 Å². The minimum absolute atomic E-state index is 0.0475. The molecule has 0 radical (unpaired) electrons. The molecule has 0 bridgehead atoms. The van der Waals surface area contributed by atoms with E-state index in [1.807, 2.05) is 35.9 Å². The van der Waals surface area contributed by atoms with Crippen molar-refractivity contribution in [3.8, 4) is 0 Å². The van der Waals surface area contributed by atoms with Gasteiger partial charge in [0.25, 0.3) is 0 Å². The average molecular weight is 666 g/mol. The van der Waals surface area contributed by atoms with Crippen molar-refractivity contribution in [1.29, 1.82) is 0 Å². The summed E-state index contributed by atoms with van der Waals surface area (Å²) < 4.78 is 25.4. The maximum atomic E-state index is 12.6. The molecule has 0 saturated carbocycles. The molecular formula is C32H52N5O4PS2. The van der Waals surface area contributed by atoms with Gasteiger partial charge in [-0.3, -0.25) is 4.57 Å². The number of hydrogen-bond donors (Lipinski definition) is 2. The summed E-state index contributed by atoms with van der Waals surface area (Å²) in [6.07, 6.45) is 21.5. The molecule has 44 heavy (non-hydrogen) atoms. The molecule has 1 aromatic carbocycles. The largest absolute Gasteiger partial charge is 0.382 e. The molecule has 2 heterocycles. The van der Waals surface area contributed by atoms with Crippen LogP contribution in [0.4, 0.5) is 5.82 Å². The van der Waals surface area contributed by atoms with Gasteiger partial charge in [0.1, 0.15) is 18.2 Å². The number of fused-ring (bicyclic) bond motifs is 1. The fourth-order valence-electron chi connectivity index (χ4n) is 4.95. The van der Waals surface area contributed by atoms with Crippen molar-refractivity contribution < 1.29 is 18.7 Å². The van der Waals surface area contributed by atoms with Crippen LogP contribution in [-0.2, 0) is 27.0 Å². The summed E-state index contributed by atoms with van der Waals surface area (Å²) in [5.41, 5.74) is 7.80. The van der Waals surface area contributed by atoms with E-state index in [9.17, 15) is 9.46 Å². The molecule has 0 amide bonds.